The maximum absolute atomic E-state index is 12.9. The first-order chi connectivity index (χ1) is 49.9. The molecule has 7 aromatic rings. The quantitative estimate of drug-likeness (QED) is 0.0240. The van der Waals surface area contributed by atoms with Gasteiger partial charge in [-0.1, -0.05) is 253 Å². The molecule has 0 radical (unpaired) electrons. The maximum atomic E-state index is 12.9. The number of aromatic nitrogens is 1. The van der Waals surface area contributed by atoms with Gasteiger partial charge in [0.15, 0.2) is 0 Å². The second-order valence-electron chi connectivity index (χ2n) is 29.0. The van der Waals surface area contributed by atoms with E-state index in [4.69, 9.17) is 28.5 Å². The van der Waals surface area contributed by atoms with Crippen molar-refractivity contribution in [1.29, 1.82) is 0 Å². The topological polar surface area (TPSA) is 109 Å². The zero-order valence-corrected chi connectivity index (χ0v) is 71.5. The molecule has 6 aromatic carbocycles. The molecule has 0 spiro atoms. The van der Waals surface area contributed by atoms with E-state index in [9.17, 15) is 31.2 Å². The predicted octanol–water partition coefficient (Wildman–Crippen LogP) is 18.9. The van der Waals surface area contributed by atoms with Crippen LogP contribution in [0.1, 0.15) is 144 Å². The number of alkyl halides is 3. The van der Waals surface area contributed by atoms with E-state index < -0.39 is 36.9 Å². The summed E-state index contributed by atoms with van der Waals surface area (Å²) in [5.74, 6) is 2.48. The summed E-state index contributed by atoms with van der Waals surface area (Å²) in [6, 6.07) is 68.9. The third kappa shape index (κ3) is 20.3. The van der Waals surface area contributed by atoms with Gasteiger partial charge < -0.3 is 13.7 Å². The first-order valence-corrected chi connectivity index (χ1v) is 56.3. The Morgan fingerprint density at radius 1 is 0.505 bits per heavy atom. The summed E-state index contributed by atoms with van der Waals surface area (Å²) >= 11 is 5.19. The van der Waals surface area contributed by atoms with Crippen LogP contribution in [-0.2, 0) is 49.3 Å². The van der Waals surface area contributed by atoms with E-state index in [1.165, 1.54) is 88.1 Å². The first-order valence-electron chi connectivity index (χ1n) is 35.6. The van der Waals surface area contributed by atoms with Gasteiger partial charge in [0, 0.05) is 44.5 Å². The number of hydrogen-bond acceptors (Lipinski definition) is 8. The van der Waals surface area contributed by atoms with Crippen LogP contribution in [0.5, 0.6) is 0 Å². The van der Waals surface area contributed by atoms with Crippen LogP contribution in [0.2, 0.25) is 0 Å². The van der Waals surface area contributed by atoms with E-state index in [0.717, 1.165) is 69.1 Å². The summed E-state index contributed by atoms with van der Waals surface area (Å²) in [6.07, 6.45) is 26.0. The van der Waals surface area contributed by atoms with Crippen molar-refractivity contribution in [1.82, 2.24) is 4.98 Å². The van der Waals surface area contributed by atoms with E-state index in [1.807, 2.05) is 19.3 Å². The molecule has 0 saturated heterocycles. The summed E-state index contributed by atoms with van der Waals surface area (Å²) in [5, 5.41) is 8.39. The van der Waals surface area contributed by atoms with Crippen LogP contribution in [0.4, 0.5) is 13.2 Å². The van der Waals surface area contributed by atoms with Crippen LogP contribution in [0.3, 0.4) is 0 Å². The number of esters is 2. The van der Waals surface area contributed by atoms with Gasteiger partial charge in [-0.05, 0) is 200 Å². The molecule has 12 atom stereocenters. The van der Waals surface area contributed by atoms with Gasteiger partial charge in [-0.15, -0.1) is 0 Å². The number of pyridine rings is 1. The van der Waals surface area contributed by atoms with E-state index >= 15 is 0 Å². The molecule has 105 heavy (non-hydrogen) atoms. The van der Waals surface area contributed by atoms with Crippen LogP contribution in [0.25, 0.3) is 5.57 Å². The standard InChI is InChI=1S/C26H33NO2.C22H29F3O5S.2C18H15P.CH4.2ClH.I3.Pd/c1-17(28)29-20-10-12-25(2)19(15-20)6-7-21-23-9-8-22(18-5-4-14-27-16-18)26(23,3)13-11-24(21)25;1-13(26)29-15-8-10-20(2)14(12-15)4-5-16-17-6-7-19(21(17,3)11-9-18(16)20)30-31(27,28)22(23,24)25;2*1-4-10-16(11-5-1)19(17-12-6-2-7-13-17)18-14-8-3-9-15-18;;;;1-3-2;/h4-6,8,14,16,20-21,23-24H,7,9-13,15H2,1-3H3;4,7,15-18H,5-6,8-12H2,1-3H3;2*1-15H;1H4;2*1H;;/q;;;;;;;-1;+2/p-2/t20-,21-,23?,24-,25-,26+;15-,16-,17?,18-,20-,21-;;;;;;;/m00......./s1. The van der Waals surface area contributed by atoms with Crippen LogP contribution in [0, 0.1) is 57.2 Å². The molecular weight excluding hydrogens is 1860 g/mol. The van der Waals surface area contributed by atoms with Gasteiger partial charge in [-0.3, -0.25) is 14.6 Å². The number of ether oxygens (including phenoxy) is 2. The Bertz CT molecular complexity index is 3900. The second-order valence-corrected chi connectivity index (χ2v) is 53.6. The van der Waals surface area contributed by atoms with Gasteiger partial charge >= 0.3 is 113 Å². The minimum Gasteiger partial charge on any atom is -0.0622 e. The van der Waals surface area contributed by atoms with Gasteiger partial charge in [-0.25, -0.2) is 0 Å². The average Bonchev–Trinajstić information content (AvgIpc) is 1.68. The number of allylic oxidation sites excluding steroid dienone is 6. The van der Waals surface area contributed by atoms with Gasteiger partial charge in [0.05, 0.1) is 0 Å². The molecule has 20 heteroatoms. The third-order valence-electron chi connectivity index (χ3n) is 23.4. The summed E-state index contributed by atoms with van der Waals surface area (Å²) in [7, 11) is 3.07. The van der Waals surface area contributed by atoms with Crippen LogP contribution in [0.15, 0.2) is 248 Å². The monoisotopic (exact) mass is 1950 g/mol. The maximum Gasteiger partial charge on any atom is -0.0134 e. The Hall–Kier alpha value is -3.80. The van der Waals surface area contributed by atoms with Crippen molar-refractivity contribution in [3.05, 3.63) is 253 Å². The third-order valence-corrected chi connectivity index (χ3v) is 29.3. The number of halogens is 8. The Balaban J connectivity index is 0.000000161. The van der Waals surface area contributed by atoms with Crippen molar-refractivity contribution in [3.63, 3.8) is 0 Å². The van der Waals surface area contributed by atoms with Gasteiger partial charge in [0.1, 0.15) is 18.0 Å². The molecule has 15 rings (SSSR count). The second kappa shape index (κ2) is 38.9. The van der Waals surface area contributed by atoms with Crippen molar-refractivity contribution < 1.29 is 74.0 Å². The molecule has 1 heterocycles. The number of carbonyl (C=O) groups excluding carboxylic acids is 2. The molecule has 1 aromatic heterocycles. The molecule has 8 aliphatic carbocycles. The van der Waals surface area contributed by atoms with E-state index in [2.05, 4.69) is 280 Å². The van der Waals surface area contributed by atoms with E-state index in [0.29, 0.717) is 32.0 Å². The fourth-order valence-electron chi connectivity index (χ4n) is 18.6. The smallest absolute Gasteiger partial charge is 0.0134 e. The number of benzene rings is 6. The number of carbonyl (C=O) groups is 2. The number of hydrogen-bond donors (Lipinski definition) is 0. The SMILES string of the molecule is C.CC(=O)O[C@H]1CC[C@@]2(C)C(=CC[C@H]3C4CC=C(OS(=O)(=O)C(F)(F)F)[C@@]4(C)CC[C@@H]32)C1.CC(=O)O[C@H]1CC[C@@]2(C)C(=CC[C@H]3C4CC=C(c5cccnc5)[C@@]4(C)CC[C@@H]32)C1.I[I-]I.[Cl][Pd][Cl].c1ccc(P(c2ccccc2)c2ccccc2)cc1.c1ccc(P(c2ccccc2)c2ccccc2)cc1. The summed E-state index contributed by atoms with van der Waals surface area (Å²) < 4.78 is 77.5. The fourth-order valence-corrected chi connectivity index (χ4v) is 23.8. The Morgan fingerprint density at radius 3 is 1.17 bits per heavy atom. The summed E-state index contributed by atoms with van der Waals surface area (Å²) in [4.78, 5) is 27.2. The molecule has 8 nitrogen and oxygen atoms in total. The van der Waals surface area contributed by atoms with Gasteiger partial charge in [0.2, 0.25) is 0 Å². The fraction of sp³-hybridized carbons (Fsp3) is 0.400. The predicted molar refractivity (Wildman–Crippen MR) is 438 cm³/mol. The zero-order valence-electron chi connectivity index (χ0n) is 59.4. The van der Waals surface area contributed by atoms with Crippen LogP contribution >= 0.6 is 72.1 Å². The zero-order chi connectivity index (χ0) is 74.3. The molecular formula is C85H96Cl2F3I3NO7P2PdS-. The number of fused-ring (bicyclic) bond motifs is 10. The molecule has 0 bridgehead atoms. The van der Waals surface area contributed by atoms with E-state index in [1.54, 1.807) is 11.6 Å². The molecule has 0 N–H and O–H groups in total. The molecule has 4 fully saturated rings. The molecule has 0 amide bonds. The number of rotatable bonds is 11. The molecule has 0 aliphatic heterocycles. The Labute approximate surface area is 670 Å². The molecule has 2 unspecified atom stereocenters. The molecule has 4 saturated carbocycles. The van der Waals surface area contributed by atoms with Crippen LogP contribution in [-0.4, -0.2) is 43.1 Å². The minimum absolute atomic E-state index is 0. The van der Waals surface area contributed by atoms with Gasteiger partial charge in [-0.2, -0.15) is 21.6 Å². The Kier molecular flexibility index (Phi) is 31.6. The van der Waals surface area contributed by atoms with Gasteiger partial charge in [0.25, 0.3) is 0 Å². The Morgan fingerprint density at radius 2 is 0.838 bits per heavy atom. The van der Waals surface area contributed by atoms with E-state index in [-0.39, 0.29) is 81.4 Å². The molecule has 8 aliphatic rings. The van der Waals surface area contributed by atoms with Crippen molar-refractivity contribution in [2.24, 2.45) is 57.2 Å². The summed E-state index contributed by atoms with van der Waals surface area (Å²) in [5.41, 5.74) is 0.131. The van der Waals surface area contributed by atoms with Crippen molar-refractivity contribution in [3.8, 4) is 0 Å². The first kappa shape index (κ1) is 85.2. The minimum atomic E-state index is -5.67. The molecule has 566 valence electrons. The summed E-state index contributed by atoms with van der Waals surface area (Å²) in [6.45, 7) is 12.1. The van der Waals surface area contributed by atoms with Crippen LogP contribution < -0.4 is 45.1 Å². The van der Waals surface area contributed by atoms with Crippen molar-refractivity contribution in [2.45, 2.75) is 157 Å². The average molecular weight is 1950 g/mol. The van der Waals surface area contributed by atoms with Crippen molar-refractivity contribution >= 4 is 132 Å². The largest absolute Gasteiger partial charge is 0.0622 e. The normalized spacial score (nSPS) is 27.3. The van der Waals surface area contributed by atoms with Crippen molar-refractivity contribution in [2.75, 3.05) is 0 Å². The number of nitrogens with zero attached hydrogens (tertiary/aromatic N) is 1.